The first-order chi connectivity index (χ1) is 13.7. The molecule has 0 fully saturated rings. The minimum atomic E-state index is 0.130. The summed E-state index contributed by atoms with van der Waals surface area (Å²) in [6.45, 7) is 2.01. The molecule has 3 aromatic heterocycles. The molecule has 3 heterocycles. The molecule has 0 saturated carbocycles. The summed E-state index contributed by atoms with van der Waals surface area (Å²) in [4.78, 5) is 10.6. The Bertz CT molecular complexity index is 1350. The van der Waals surface area contributed by atoms with E-state index in [4.69, 9.17) is 19.8 Å². The largest absolute Gasteiger partial charge is 0.438 e. The van der Waals surface area contributed by atoms with Gasteiger partial charge in [0.1, 0.15) is 15.6 Å². The number of nitrogens with zero attached hydrogens (tertiary/aromatic N) is 2. The normalized spacial score (nSPS) is 11.2. The number of rotatable bonds is 3. The van der Waals surface area contributed by atoms with Gasteiger partial charge in [-0.25, -0.2) is 9.97 Å². The van der Waals surface area contributed by atoms with Gasteiger partial charge >= 0.3 is 0 Å². The number of thiazole rings is 2. The highest BCUT2D eigenvalue weighted by Gasteiger charge is 2.16. The van der Waals surface area contributed by atoms with Gasteiger partial charge in [-0.05, 0) is 19.1 Å². The molecule has 5 rings (SSSR count). The van der Waals surface area contributed by atoms with Gasteiger partial charge in [0.2, 0.25) is 5.55 Å². The lowest BCUT2D eigenvalue weighted by molar-refractivity contribution is 0.536. The zero-order valence-corrected chi connectivity index (χ0v) is 16.6. The van der Waals surface area contributed by atoms with Crippen LogP contribution in [0.1, 0.15) is 5.69 Å². The van der Waals surface area contributed by atoms with Gasteiger partial charge in [-0.3, -0.25) is 5.41 Å². The molecule has 0 aliphatic carbocycles. The van der Waals surface area contributed by atoms with Crippen molar-refractivity contribution >= 4 is 33.6 Å². The van der Waals surface area contributed by atoms with E-state index in [-0.39, 0.29) is 5.55 Å². The lowest BCUT2D eigenvalue weighted by Crippen LogP contribution is -2.02. The number of fused-ring (bicyclic) bond motifs is 1. The van der Waals surface area contributed by atoms with E-state index in [0.717, 1.165) is 37.2 Å². The first kappa shape index (κ1) is 17.0. The summed E-state index contributed by atoms with van der Waals surface area (Å²) in [6, 6.07) is 19.9. The molecule has 0 spiro atoms. The average molecular weight is 402 g/mol. The third kappa shape index (κ3) is 2.96. The topological polar surface area (TPSA) is 62.8 Å². The lowest BCUT2D eigenvalue weighted by Gasteiger charge is -2.00. The van der Waals surface area contributed by atoms with Crippen LogP contribution in [0.5, 0.6) is 0 Å². The van der Waals surface area contributed by atoms with Crippen molar-refractivity contribution in [2.75, 3.05) is 0 Å². The van der Waals surface area contributed by atoms with Gasteiger partial charge in [-0.1, -0.05) is 48.5 Å². The van der Waals surface area contributed by atoms with Crippen molar-refractivity contribution in [3.63, 3.8) is 0 Å². The van der Waals surface area contributed by atoms with E-state index in [1.807, 2.05) is 60.8 Å². The zero-order chi connectivity index (χ0) is 19.1. The quantitative estimate of drug-likeness (QED) is 0.395. The number of hydrogen-bond acceptors (Lipinski definition) is 6. The number of benzene rings is 2. The Kier molecular flexibility index (Phi) is 4.15. The molecule has 0 amide bonds. The van der Waals surface area contributed by atoms with E-state index in [2.05, 4.69) is 12.1 Å². The van der Waals surface area contributed by atoms with Crippen LogP contribution in [0.25, 0.3) is 42.7 Å². The van der Waals surface area contributed by atoms with Gasteiger partial charge < -0.3 is 4.42 Å². The van der Waals surface area contributed by atoms with Crippen LogP contribution in [-0.4, -0.2) is 9.97 Å². The minimum Gasteiger partial charge on any atom is -0.438 e. The summed E-state index contributed by atoms with van der Waals surface area (Å²) in [6.07, 6.45) is 0. The maximum Gasteiger partial charge on any atom is 0.222 e. The van der Waals surface area contributed by atoms with Gasteiger partial charge in [0.15, 0.2) is 0 Å². The van der Waals surface area contributed by atoms with Crippen LogP contribution in [0.2, 0.25) is 0 Å². The third-order valence-electron chi connectivity index (χ3n) is 4.46. The summed E-state index contributed by atoms with van der Waals surface area (Å²) in [7, 11) is 0. The number of aryl methyl sites for hydroxylation is 1. The molecule has 5 aromatic rings. The maximum absolute atomic E-state index is 8.25. The van der Waals surface area contributed by atoms with Gasteiger partial charge in [0.05, 0.1) is 21.8 Å². The molecule has 136 valence electrons. The van der Waals surface area contributed by atoms with Crippen molar-refractivity contribution in [1.29, 1.82) is 5.41 Å². The molecule has 4 nitrogen and oxygen atoms in total. The van der Waals surface area contributed by atoms with Gasteiger partial charge in [-0.2, -0.15) is 0 Å². The Morgan fingerprint density at radius 3 is 2.57 bits per heavy atom. The first-order valence-electron chi connectivity index (χ1n) is 8.75. The highest BCUT2D eigenvalue weighted by atomic mass is 32.1. The van der Waals surface area contributed by atoms with E-state index in [0.29, 0.717) is 11.1 Å². The molecule has 2 aromatic carbocycles. The van der Waals surface area contributed by atoms with Crippen LogP contribution < -0.4 is 5.55 Å². The number of para-hydroxylation sites is 1. The summed E-state index contributed by atoms with van der Waals surface area (Å²) in [5, 5.41) is 13.0. The summed E-state index contributed by atoms with van der Waals surface area (Å²) in [5.41, 5.74) is 4.52. The van der Waals surface area contributed by atoms with Crippen molar-refractivity contribution in [3.8, 4) is 31.7 Å². The Balaban J connectivity index is 1.57. The van der Waals surface area contributed by atoms with E-state index in [1.54, 1.807) is 11.3 Å². The van der Waals surface area contributed by atoms with Gasteiger partial charge in [0.25, 0.3) is 0 Å². The fourth-order valence-electron chi connectivity index (χ4n) is 3.08. The highest BCUT2D eigenvalue weighted by Crippen LogP contribution is 2.37. The zero-order valence-electron chi connectivity index (χ0n) is 15.0. The van der Waals surface area contributed by atoms with Crippen LogP contribution >= 0.6 is 22.7 Å². The molecule has 0 aliphatic rings. The highest BCUT2D eigenvalue weighted by molar-refractivity contribution is 7.19. The maximum atomic E-state index is 8.25. The van der Waals surface area contributed by atoms with Crippen molar-refractivity contribution in [1.82, 2.24) is 9.97 Å². The van der Waals surface area contributed by atoms with Crippen LogP contribution in [0.4, 0.5) is 0 Å². The lowest BCUT2D eigenvalue weighted by atomic mass is 10.2. The molecule has 6 heteroatoms. The Morgan fingerprint density at radius 2 is 1.71 bits per heavy atom. The van der Waals surface area contributed by atoms with Crippen LogP contribution in [0, 0.1) is 12.3 Å². The number of aromatic nitrogens is 2. The summed E-state index contributed by atoms with van der Waals surface area (Å²) < 4.78 is 5.67. The predicted molar refractivity (Wildman–Crippen MR) is 114 cm³/mol. The Hall–Kier alpha value is -3.09. The SMILES string of the molecule is Cc1nc(-c2ccccc2)sc1-c1csc(-c2cc3ccccc3oc2=N)n1. The standard InChI is InChI=1S/C22H15N3OS2/c1-13-19(28-21(24-13)14-7-3-2-4-8-14)17-12-27-22(25-17)16-11-15-9-5-6-10-18(15)26-20(16)23/h2-12,23H,1H3. The Labute approximate surface area is 169 Å². The van der Waals surface area contributed by atoms with Gasteiger partial charge in [-0.15, -0.1) is 22.7 Å². The molecule has 28 heavy (non-hydrogen) atoms. The van der Waals surface area contributed by atoms with Gasteiger partial charge in [0, 0.05) is 16.3 Å². The number of hydrogen-bond donors (Lipinski definition) is 1. The molecule has 0 unspecified atom stereocenters. The minimum absolute atomic E-state index is 0.130. The molecule has 1 N–H and O–H groups in total. The summed E-state index contributed by atoms with van der Waals surface area (Å²) in [5.74, 6) is 0. The van der Waals surface area contributed by atoms with Crippen molar-refractivity contribution in [3.05, 3.63) is 77.3 Å². The molecular formula is C22H15N3OS2. The Morgan fingerprint density at radius 1 is 0.929 bits per heavy atom. The van der Waals surface area contributed by atoms with Crippen molar-refractivity contribution < 1.29 is 4.42 Å². The van der Waals surface area contributed by atoms with E-state index in [1.165, 1.54) is 11.3 Å². The average Bonchev–Trinajstić information content (AvgIpc) is 3.35. The molecule has 0 saturated heterocycles. The molecule has 0 radical (unpaired) electrons. The van der Waals surface area contributed by atoms with Crippen LogP contribution in [0.15, 0.2) is 70.5 Å². The molecule has 0 aliphatic heterocycles. The third-order valence-corrected chi connectivity index (χ3v) is 6.56. The fraction of sp³-hybridized carbons (Fsp3) is 0.0455. The number of nitrogens with one attached hydrogen (secondary N) is 1. The molecule has 0 atom stereocenters. The van der Waals surface area contributed by atoms with E-state index in [9.17, 15) is 0 Å². The second-order valence-corrected chi connectivity index (χ2v) is 8.22. The van der Waals surface area contributed by atoms with Crippen LogP contribution in [-0.2, 0) is 0 Å². The van der Waals surface area contributed by atoms with Crippen molar-refractivity contribution in [2.24, 2.45) is 0 Å². The monoisotopic (exact) mass is 401 g/mol. The second-order valence-electron chi connectivity index (χ2n) is 6.36. The molecular weight excluding hydrogens is 386 g/mol. The van der Waals surface area contributed by atoms with Crippen LogP contribution in [0.3, 0.4) is 0 Å². The summed E-state index contributed by atoms with van der Waals surface area (Å²) >= 11 is 3.17. The van der Waals surface area contributed by atoms with E-state index >= 15 is 0 Å². The predicted octanol–water partition coefficient (Wildman–Crippen LogP) is 6.13. The molecule has 0 bridgehead atoms. The smallest absolute Gasteiger partial charge is 0.222 e. The first-order valence-corrected chi connectivity index (χ1v) is 10.5. The van der Waals surface area contributed by atoms with E-state index < -0.39 is 0 Å². The second kappa shape index (κ2) is 6.82. The van der Waals surface area contributed by atoms with Crippen molar-refractivity contribution in [2.45, 2.75) is 6.92 Å². The fourth-order valence-corrected chi connectivity index (χ4v) is 5.01.